The van der Waals surface area contributed by atoms with Gasteiger partial charge in [-0.15, -0.1) is 0 Å². The SMILES string of the molecule is CCOC(=O)CN(CCNC(=O)OCCC#CCCOC(=O)NCCN(CC(=O)OCC)C(=O)CCc1ccc(CNC(=O)OC(C)(C)C)cc1)C(=O)CCc1ccc(CNC(=O)OC(C)(C)C)cc1. The molecule has 0 atom stereocenters. The number of nitrogens with zero attached hydrogens (tertiary/aromatic N) is 2. The Morgan fingerprint density at radius 3 is 1.16 bits per heavy atom. The summed E-state index contributed by atoms with van der Waals surface area (Å²) in [5, 5.41) is 10.5. The maximum absolute atomic E-state index is 13.1. The Labute approximate surface area is 411 Å². The Morgan fingerprint density at radius 1 is 0.486 bits per heavy atom. The molecule has 0 bridgehead atoms. The average molecular weight is 981 g/mol. The van der Waals surface area contributed by atoms with Crippen molar-refractivity contribution in [2.45, 2.75) is 118 Å². The van der Waals surface area contributed by atoms with Crippen molar-refractivity contribution >= 4 is 48.1 Å². The molecule has 0 saturated carbocycles. The molecule has 0 radical (unpaired) electrons. The quantitative estimate of drug-likeness (QED) is 0.0404. The summed E-state index contributed by atoms with van der Waals surface area (Å²) in [6.45, 7) is 14.4. The van der Waals surface area contributed by atoms with Gasteiger partial charge in [0.15, 0.2) is 0 Å². The van der Waals surface area contributed by atoms with E-state index in [1.54, 1.807) is 55.4 Å². The van der Waals surface area contributed by atoms with Crippen molar-refractivity contribution in [3.05, 3.63) is 70.8 Å². The summed E-state index contributed by atoms with van der Waals surface area (Å²) in [4.78, 5) is 102. The zero-order valence-electron chi connectivity index (χ0n) is 42.0. The lowest BCUT2D eigenvalue weighted by molar-refractivity contribution is -0.149. The van der Waals surface area contributed by atoms with Gasteiger partial charge in [-0.1, -0.05) is 60.4 Å². The van der Waals surface area contributed by atoms with Crippen LogP contribution in [0.2, 0.25) is 0 Å². The lowest BCUT2D eigenvalue weighted by Gasteiger charge is -2.22. The summed E-state index contributed by atoms with van der Waals surface area (Å²) < 4.78 is 30.9. The fourth-order valence-electron chi connectivity index (χ4n) is 6.01. The van der Waals surface area contributed by atoms with Crippen molar-refractivity contribution in [2.75, 3.05) is 65.7 Å². The topological polar surface area (TPSA) is 247 Å². The van der Waals surface area contributed by atoms with Crippen LogP contribution in [-0.4, -0.2) is 135 Å². The number of benzene rings is 2. The Balaban J connectivity index is 1.69. The van der Waals surface area contributed by atoms with Crippen molar-refractivity contribution in [3.63, 3.8) is 0 Å². The van der Waals surface area contributed by atoms with Crippen molar-refractivity contribution in [1.29, 1.82) is 0 Å². The highest BCUT2D eigenvalue weighted by atomic mass is 16.6. The van der Waals surface area contributed by atoms with E-state index in [0.717, 1.165) is 22.3 Å². The van der Waals surface area contributed by atoms with Gasteiger partial charge in [0.1, 0.15) is 37.5 Å². The highest BCUT2D eigenvalue weighted by Crippen LogP contribution is 2.12. The zero-order valence-corrected chi connectivity index (χ0v) is 42.0. The highest BCUT2D eigenvalue weighted by Gasteiger charge is 2.21. The molecule has 0 unspecified atom stereocenters. The highest BCUT2D eigenvalue weighted by molar-refractivity contribution is 5.83. The second-order valence-electron chi connectivity index (χ2n) is 17.6. The Morgan fingerprint density at radius 2 is 0.829 bits per heavy atom. The average Bonchev–Trinajstić information content (AvgIpc) is 3.28. The van der Waals surface area contributed by atoms with Crippen LogP contribution in [0, 0.1) is 11.8 Å². The van der Waals surface area contributed by atoms with Gasteiger partial charge in [-0.2, -0.15) is 0 Å². The van der Waals surface area contributed by atoms with E-state index < -0.39 is 47.5 Å². The number of carbonyl (C=O) groups excluding carboxylic acids is 8. The Kier molecular flexibility index (Phi) is 26.9. The summed E-state index contributed by atoms with van der Waals surface area (Å²) in [5.41, 5.74) is 2.26. The number of rotatable bonds is 26. The first-order valence-electron chi connectivity index (χ1n) is 23.4. The number of alkyl carbamates (subject to hydrolysis) is 4. The summed E-state index contributed by atoms with van der Waals surface area (Å²) in [6.07, 6.45) is -1.08. The first-order valence-corrected chi connectivity index (χ1v) is 23.4. The van der Waals surface area contributed by atoms with Gasteiger partial charge in [0.25, 0.3) is 0 Å². The van der Waals surface area contributed by atoms with Gasteiger partial charge in [0.2, 0.25) is 11.8 Å². The maximum Gasteiger partial charge on any atom is 0.407 e. The van der Waals surface area contributed by atoms with Gasteiger partial charge in [-0.3, -0.25) is 19.2 Å². The van der Waals surface area contributed by atoms with Gasteiger partial charge < -0.3 is 59.5 Å². The van der Waals surface area contributed by atoms with Crippen LogP contribution in [-0.2, 0) is 73.5 Å². The third-order valence-corrected chi connectivity index (χ3v) is 9.28. The molecule has 0 fully saturated rings. The number of ether oxygens (including phenoxy) is 6. The second kappa shape index (κ2) is 31.9. The summed E-state index contributed by atoms with van der Waals surface area (Å²) in [7, 11) is 0. The number of hydrogen-bond donors (Lipinski definition) is 4. The van der Waals surface area contributed by atoms with Gasteiger partial charge in [-0.05, 0) is 90.5 Å². The normalized spacial score (nSPS) is 10.8. The molecule has 6 amide bonds. The number of carbonyl (C=O) groups is 8. The van der Waals surface area contributed by atoms with Crippen molar-refractivity contribution in [3.8, 4) is 11.8 Å². The number of aryl methyl sites for hydroxylation is 2. The van der Waals surface area contributed by atoms with Gasteiger partial charge in [-0.25, -0.2) is 19.2 Å². The summed E-state index contributed by atoms with van der Waals surface area (Å²) in [5.74, 6) is 3.89. The zero-order chi connectivity index (χ0) is 52.0. The van der Waals surface area contributed by atoms with Crippen LogP contribution in [0.25, 0.3) is 0 Å². The molecule has 2 rings (SSSR count). The van der Waals surface area contributed by atoms with Gasteiger partial charge in [0, 0.05) is 65.0 Å². The Hall–Kier alpha value is -7.04. The molecule has 0 aliphatic carbocycles. The molecule has 2 aromatic rings. The van der Waals surface area contributed by atoms with Crippen LogP contribution < -0.4 is 21.3 Å². The van der Waals surface area contributed by atoms with E-state index in [4.69, 9.17) is 28.4 Å². The van der Waals surface area contributed by atoms with Crippen molar-refractivity contribution in [2.24, 2.45) is 0 Å². The lowest BCUT2D eigenvalue weighted by atomic mass is 10.1. The first-order chi connectivity index (χ1) is 33.2. The van der Waals surface area contributed by atoms with E-state index >= 15 is 0 Å². The minimum atomic E-state index is -0.730. The van der Waals surface area contributed by atoms with E-state index in [1.165, 1.54) is 9.80 Å². The van der Waals surface area contributed by atoms with E-state index in [1.807, 2.05) is 48.5 Å². The molecule has 20 heteroatoms. The monoisotopic (exact) mass is 981 g/mol. The van der Waals surface area contributed by atoms with Crippen LogP contribution in [0.3, 0.4) is 0 Å². The molecule has 70 heavy (non-hydrogen) atoms. The maximum atomic E-state index is 13.1. The third kappa shape index (κ3) is 28.3. The van der Waals surface area contributed by atoms with E-state index in [0.29, 0.717) is 12.8 Å². The molecule has 0 heterocycles. The molecular formula is C50H72N6O14. The first kappa shape index (κ1) is 59.1. The van der Waals surface area contributed by atoms with Crippen LogP contribution in [0.4, 0.5) is 19.2 Å². The number of hydrogen-bond acceptors (Lipinski definition) is 14. The van der Waals surface area contributed by atoms with Crippen molar-refractivity contribution < 1.29 is 66.8 Å². The fourth-order valence-corrected chi connectivity index (χ4v) is 6.01. The standard InChI is InChI=1S/C50H72N6O14/c1-9-65-43(59)35-55(41(57)25-23-37-15-19-39(20-16-37)33-53-47(63)69-49(3,4)5)29-27-51-45(61)67-31-13-11-12-14-32-68-46(62)52-28-30-56(36-44(60)66-10-2)42(58)26-24-38-17-21-40(22-18-38)34-54-48(64)70-50(6,7)8/h15-22H,9-10,13-14,23-36H2,1-8H3,(H,51,61)(H,52,62)(H,53,63)(H,54,64). The van der Waals surface area contributed by atoms with Crippen molar-refractivity contribution in [1.82, 2.24) is 31.1 Å². The molecule has 0 aliphatic heterocycles. The van der Waals surface area contributed by atoms with E-state index in [2.05, 4.69) is 33.1 Å². The predicted octanol–water partition coefficient (Wildman–Crippen LogP) is 5.32. The molecule has 0 saturated heterocycles. The third-order valence-electron chi connectivity index (χ3n) is 9.28. The van der Waals surface area contributed by atoms with Crippen LogP contribution in [0.15, 0.2) is 48.5 Å². The summed E-state index contributed by atoms with van der Waals surface area (Å²) in [6, 6.07) is 14.8. The minimum Gasteiger partial charge on any atom is -0.465 e. The smallest absolute Gasteiger partial charge is 0.407 e. The summed E-state index contributed by atoms with van der Waals surface area (Å²) >= 11 is 0. The van der Waals surface area contributed by atoms with Crippen LogP contribution >= 0.6 is 0 Å². The van der Waals surface area contributed by atoms with Gasteiger partial charge >= 0.3 is 36.3 Å². The molecule has 20 nitrogen and oxygen atoms in total. The lowest BCUT2D eigenvalue weighted by Crippen LogP contribution is -2.42. The molecule has 2 aromatic carbocycles. The van der Waals surface area contributed by atoms with Gasteiger partial charge in [0.05, 0.1) is 13.2 Å². The molecule has 0 spiro atoms. The number of amides is 6. The predicted molar refractivity (Wildman–Crippen MR) is 258 cm³/mol. The second-order valence-corrected chi connectivity index (χ2v) is 17.6. The molecule has 386 valence electrons. The Bertz CT molecular complexity index is 1910. The molecule has 0 aliphatic rings. The molecule has 4 N–H and O–H groups in total. The fraction of sp³-hybridized carbons (Fsp3) is 0.560. The molecule has 0 aromatic heterocycles. The van der Waals surface area contributed by atoms with Crippen LogP contribution in [0.1, 0.15) is 103 Å². The largest absolute Gasteiger partial charge is 0.465 e. The minimum absolute atomic E-state index is 0.0172. The van der Waals surface area contributed by atoms with E-state index in [-0.39, 0.29) is 116 Å². The van der Waals surface area contributed by atoms with Crippen LogP contribution in [0.5, 0.6) is 0 Å². The number of esters is 2. The van der Waals surface area contributed by atoms with E-state index in [9.17, 15) is 38.4 Å². The molecular weight excluding hydrogens is 909 g/mol. The number of nitrogens with one attached hydrogen (secondary N) is 4.